The van der Waals surface area contributed by atoms with E-state index in [2.05, 4.69) is 39.0 Å². The number of benzene rings is 1. The number of nitrogens with zero attached hydrogens (tertiary/aromatic N) is 2. The van der Waals surface area contributed by atoms with Crippen molar-refractivity contribution in [3.8, 4) is 11.3 Å². The summed E-state index contributed by atoms with van der Waals surface area (Å²) in [6.07, 6.45) is -4.33. The average Bonchev–Trinajstić information content (AvgIpc) is 2.78. The van der Waals surface area contributed by atoms with E-state index in [1.807, 2.05) is 14.0 Å². The zero-order valence-electron chi connectivity index (χ0n) is 16.5. The van der Waals surface area contributed by atoms with Crippen molar-refractivity contribution in [2.75, 3.05) is 0 Å². The van der Waals surface area contributed by atoms with E-state index >= 15 is 0 Å². The van der Waals surface area contributed by atoms with Crippen molar-refractivity contribution in [1.82, 2.24) is 9.78 Å². The van der Waals surface area contributed by atoms with Crippen LogP contribution in [0.15, 0.2) is 24.3 Å². The van der Waals surface area contributed by atoms with Crippen molar-refractivity contribution in [3.05, 3.63) is 41.1 Å². The summed E-state index contributed by atoms with van der Waals surface area (Å²) in [4.78, 5) is 0. The number of halogens is 3. The first kappa shape index (κ1) is 20.7. The van der Waals surface area contributed by atoms with Gasteiger partial charge in [-0.2, -0.15) is 18.3 Å². The number of hydrogen-bond donors (Lipinski definition) is 0. The molecule has 144 valence electrons. The molecular weight excluding hydrogens is 357 g/mol. The number of hydrogen-bond acceptors (Lipinski definition) is 2. The molecule has 0 atom stereocenters. The van der Waals surface area contributed by atoms with Gasteiger partial charge in [-0.1, -0.05) is 32.9 Å². The molecule has 0 aliphatic rings. The minimum absolute atomic E-state index is 0.107. The Morgan fingerprint density at radius 1 is 1.08 bits per heavy atom. The van der Waals surface area contributed by atoms with E-state index in [1.54, 1.807) is 4.68 Å². The third-order valence-corrected chi connectivity index (χ3v) is 9.77. The van der Waals surface area contributed by atoms with Crippen LogP contribution in [0, 0.1) is 6.92 Å². The molecule has 0 aliphatic heterocycles. The van der Waals surface area contributed by atoms with Gasteiger partial charge >= 0.3 is 6.18 Å². The first-order valence-corrected chi connectivity index (χ1v) is 11.5. The summed E-state index contributed by atoms with van der Waals surface area (Å²) in [5.41, 5.74) is 2.59. The molecule has 0 unspecified atom stereocenters. The van der Waals surface area contributed by atoms with Crippen LogP contribution in [-0.4, -0.2) is 18.1 Å². The molecule has 2 rings (SSSR count). The average molecular weight is 385 g/mol. The lowest BCUT2D eigenvalue weighted by Crippen LogP contribution is -2.40. The molecule has 0 amide bonds. The highest BCUT2D eigenvalue weighted by atomic mass is 28.4. The Balaban J connectivity index is 2.28. The molecule has 0 saturated carbocycles. The second-order valence-corrected chi connectivity index (χ2v) is 13.0. The summed E-state index contributed by atoms with van der Waals surface area (Å²) in [5, 5.41) is 4.61. The molecule has 0 bridgehead atoms. The van der Waals surface area contributed by atoms with Crippen LogP contribution in [0.3, 0.4) is 0 Å². The van der Waals surface area contributed by atoms with Crippen molar-refractivity contribution in [2.45, 2.75) is 58.6 Å². The SMILES string of the molecule is Cc1c(-c2ccc(C(F)(F)F)cc2)nn(C)c1CO[Si](C)(C)C(C)(C)C. The zero-order valence-corrected chi connectivity index (χ0v) is 17.5. The van der Waals surface area contributed by atoms with Gasteiger partial charge in [-0.3, -0.25) is 4.68 Å². The first-order chi connectivity index (χ1) is 11.7. The molecule has 1 aromatic heterocycles. The molecule has 2 aromatic rings. The summed E-state index contributed by atoms with van der Waals surface area (Å²) in [7, 11) is -0.0599. The lowest BCUT2D eigenvalue weighted by molar-refractivity contribution is -0.137. The molecule has 0 N–H and O–H groups in total. The van der Waals surface area contributed by atoms with E-state index in [1.165, 1.54) is 12.1 Å². The lowest BCUT2D eigenvalue weighted by atomic mass is 10.1. The van der Waals surface area contributed by atoms with E-state index in [9.17, 15) is 13.2 Å². The summed E-state index contributed by atoms with van der Waals surface area (Å²) in [6.45, 7) is 13.3. The van der Waals surface area contributed by atoms with Gasteiger partial charge in [-0.25, -0.2) is 0 Å². The fraction of sp³-hybridized carbons (Fsp3) is 0.526. The van der Waals surface area contributed by atoms with Gasteiger partial charge in [0.2, 0.25) is 0 Å². The molecule has 0 saturated heterocycles. The maximum absolute atomic E-state index is 12.7. The minimum atomic E-state index is -4.33. The first-order valence-electron chi connectivity index (χ1n) is 8.58. The molecule has 3 nitrogen and oxygen atoms in total. The highest BCUT2D eigenvalue weighted by molar-refractivity contribution is 6.74. The third kappa shape index (κ3) is 4.20. The van der Waals surface area contributed by atoms with E-state index in [0.29, 0.717) is 17.9 Å². The van der Waals surface area contributed by atoms with E-state index < -0.39 is 20.1 Å². The molecule has 0 fully saturated rings. The molecule has 1 aromatic carbocycles. The van der Waals surface area contributed by atoms with Gasteiger partial charge in [0.1, 0.15) is 0 Å². The number of aromatic nitrogens is 2. The molecule has 1 heterocycles. The third-order valence-electron chi connectivity index (χ3n) is 5.29. The fourth-order valence-electron chi connectivity index (χ4n) is 2.42. The Morgan fingerprint density at radius 3 is 2.08 bits per heavy atom. The number of alkyl halides is 3. The maximum Gasteiger partial charge on any atom is 0.416 e. The smallest absolute Gasteiger partial charge is 0.411 e. The van der Waals surface area contributed by atoms with Crippen molar-refractivity contribution in [2.24, 2.45) is 7.05 Å². The molecule has 0 spiro atoms. The Hall–Kier alpha value is -1.60. The summed E-state index contributed by atoms with van der Waals surface area (Å²) in [5.74, 6) is 0. The second kappa shape index (κ2) is 6.85. The van der Waals surface area contributed by atoms with Crippen molar-refractivity contribution >= 4 is 8.32 Å². The monoisotopic (exact) mass is 384 g/mol. The quantitative estimate of drug-likeness (QED) is 0.610. The Bertz CT molecular complexity index is 772. The van der Waals surface area contributed by atoms with Crippen LogP contribution in [0.1, 0.15) is 37.6 Å². The van der Waals surface area contributed by atoms with Gasteiger partial charge in [0, 0.05) is 18.2 Å². The fourth-order valence-corrected chi connectivity index (χ4v) is 3.35. The summed E-state index contributed by atoms with van der Waals surface area (Å²) in [6, 6.07) is 5.12. The Labute approximate surface area is 154 Å². The molecule has 7 heteroatoms. The standard InChI is InChI=1S/C19H27F3N2OSi/c1-13-16(12-25-26(6,7)18(2,3)4)24(5)23-17(13)14-8-10-15(11-9-14)19(20,21)22/h8-11H,12H2,1-7H3. The largest absolute Gasteiger partial charge is 0.416 e. The van der Waals surface area contributed by atoms with Crippen LogP contribution < -0.4 is 0 Å². The molecule has 0 aliphatic carbocycles. The topological polar surface area (TPSA) is 27.1 Å². The minimum Gasteiger partial charge on any atom is -0.411 e. The second-order valence-electron chi connectivity index (χ2n) is 8.17. The highest BCUT2D eigenvalue weighted by Crippen LogP contribution is 2.37. The Kier molecular flexibility index (Phi) is 5.45. The van der Waals surface area contributed by atoms with Crippen LogP contribution in [0.25, 0.3) is 11.3 Å². The predicted molar refractivity (Wildman–Crippen MR) is 100 cm³/mol. The van der Waals surface area contributed by atoms with Gasteiger partial charge in [-0.15, -0.1) is 0 Å². The number of aryl methyl sites for hydroxylation is 1. The van der Waals surface area contributed by atoms with Gasteiger partial charge in [0.25, 0.3) is 0 Å². The maximum atomic E-state index is 12.7. The predicted octanol–water partition coefficient (Wildman–Crippen LogP) is 5.94. The van der Waals surface area contributed by atoms with Crippen molar-refractivity contribution in [3.63, 3.8) is 0 Å². The van der Waals surface area contributed by atoms with Crippen LogP contribution in [-0.2, 0) is 24.3 Å². The van der Waals surface area contributed by atoms with Gasteiger partial charge < -0.3 is 4.43 Å². The molecule has 26 heavy (non-hydrogen) atoms. The molecular formula is C19H27F3N2OSi. The van der Waals surface area contributed by atoms with Gasteiger partial charge in [-0.05, 0) is 37.2 Å². The van der Waals surface area contributed by atoms with Gasteiger partial charge in [0.05, 0.1) is 23.6 Å². The summed E-state index contributed by atoms with van der Waals surface area (Å²) >= 11 is 0. The zero-order chi connectivity index (χ0) is 19.9. The Morgan fingerprint density at radius 2 is 1.62 bits per heavy atom. The van der Waals surface area contributed by atoms with Gasteiger partial charge in [0.15, 0.2) is 8.32 Å². The number of rotatable bonds is 4. The highest BCUT2D eigenvalue weighted by Gasteiger charge is 2.37. The molecule has 0 radical (unpaired) electrons. The lowest BCUT2D eigenvalue weighted by Gasteiger charge is -2.36. The van der Waals surface area contributed by atoms with Crippen LogP contribution in [0.2, 0.25) is 18.1 Å². The van der Waals surface area contributed by atoms with Crippen LogP contribution in [0.5, 0.6) is 0 Å². The van der Waals surface area contributed by atoms with E-state index in [0.717, 1.165) is 23.4 Å². The van der Waals surface area contributed by atoms with E-state index in [4.69, 9.17) is 4.43 Å². The summed E-state index contributed by atoms with van der Waals surface area (Å²) < 4.78 is 46.3. The van der Waals surface area contributed by atoms with Crippen LogP contribution in [0.4, 0.5) is 13.2 Å². The van der Waals surface area contributed by atoms with Crippen molar-refractivity contribution < 1.29 is 17.6 Å². The van der Waals surface area contributed by atoms with Crippen molar-refractivity contribution in [1.29, 1.82) is 0 Å². The van der Waals surface area contributed by atoms with Crippen LogP contribution >= 0.6 is 0 Å². The van der Waals surface area contributed by atoms with E-state index in [-0.39, 0.29) is 5.04 Å². The normalized spacial score (nSPS) is 13.3.